The summed E-state index contributed by atoms with van der Waals surface area (Å²) in [7, 11) is 0. The van der Waals surface area contributed by atoms with Gasteiger partial charge in [0.05, 0.1) is 5.92 Å². The van der Waals surface area contributed by atoms with Crippen LogP contribution in [0.3, 0.4) is 0 Å². The summed E-state index contributed by atoms with van der Waals surface area (Å²) in [4.78, 5) is 36.6. The van der Waals surface area contributed by atoms with Gasteiger partial charge in [0, 0.05) is 19.3 Å². The molecule has 0 aromatic rings. The number of carboxylic acids is 1. The van der Waals surface area contributed by atoms with Crippen LogP contribution in [-0.2, 0) is 19.1 Å². The lowest BCUT2D eigenvalue weighted by Gasteiger charge is -2.60. The molecule has 5 heteroatoms. The first-order valence-electron chi connectivity index (χ1n) is 13.0. The Morgan fingerprint density at radius 1 is 1.03 bits per heavy atom. The maximum Gasteiger partial charge on any atom is 0.306 e. The lowest BCUT2D eigenvalue weighted by Crippen LogP contribution is -2.57. The van der Waals surface area contributed by atoms with Crippen molar-refractivity contribution < 1.29 is 24.2 Å². The maximum absolute atomic E-state index is 13.6. The second kappa shape index (κ2) is 7.56. The number of ether oxygens (including phenoxy) is 1. The Morgan fingerprint density at radius 2 is 1.72 bits per heavy atom. The lowest BCUT2D eigenvalue weighted by atomic mass is 9.44. The van der Waals surface area contributed by atoms with E-state index < -0.39 is 5.97 Å². The van der Waals surface area contributed by atoms with E-state index in [2.05, 4.69) is 20.8 Å². The van der Waals surface area contributed by atoms with Crippen molar-refractivity contribution in [1.82, 2.24) is 0 Å². The first-order chi connectivity index (χ1) is 15.1. The van der Waals surface area contributed by atoms with E-state index >= 15 is 0 Å². The molecule has 0 amide bonds. The molecule has 3 unspecified atom stereocenters. The zero-order chi connectivity index (χ0) is 23.0. The number of esters is 1. The summed E-state index contributed by atoms with van der Waals surface area (Å²) in [6, 6.07) is 0. The number of hydrogen-bond donors (Lipinski definition) is 1. The normalized spacial score (nSPS) is 50.6. The molecule has 11 atom stereocenters. The standard InChI is InChI=1S/C27H40O5/c1-14(18-13-19(18)25(30)31)20-5-6-21-24-22(8-10-27(20,21)4)26(3)9-7-17(32-15(2)28)11-16(26)12-23(24)29/h14,16-22,24H,5-13H2,1-4H3,(H,30,31)/t14-,16?,17-,18?,19?,20-,21+,22+,24+,26+,27-/m1/s1. The third-order valence-corrected chi connectivity index (χ3v) is 11.3. The molecule has 5 fully saturated rings. The maximum atomic E-state index is 13.6. The van der Waals surface area contributed by atoms with E-state index in [1.807, 2.05) is 0 Å². The number of ketones is 1. The number of aliphatic carboxylic acids is 1. The van der Waals surface area contributed by atoms with E-state index in [-0.39, 0.29) is 34.7 Å². The van der Waals surface area contributed by atoms with Gasteiger partial charge in [-0.05, 0) is 97.7 Å². The minimum atomic E-state index is -0.629. The molecule has 0 radical (unpaired) electrons. The molecule has 1 N–H and O–H groups in total. The topological polar surface area (TPSA) is 80.7 Å². The summed E-state index contributed by atoms with van der Waals surface area (Å²) in [5, 5.41) is 9.43. The average molecular weight is 445 g/mol. The molecule has 5 rings (SSSR count). The first kappa shape index (κ1) is 22.4. The summed E-state index contributed by atoms with van der Waals surface area (Å²) < 4.78 is 5.54. The molecule has 5 aliphatic carbocycles. The van der Waals surface area contributed by atoms with Gasteiger partial charge >= 0.3 is 11.9 Å². The Labute approximate surface area is 192 Å². The number of carbonyl (C=O) groups is 3. The average Bonchev–Trinajstić information content (AvgIpc) is 3.44. The monoisotopic (exact) mass is 444 g/mol. The van der Waals surface area contributed by atoms with Crippen molar-refractivity contribution in [2.75, 3.05) is 0 Å². The van der Waals surface area contributed by atoms with Crippen LogP contribution < -0.4 is 0 Å². The van der Waals surface area contributed by atoms with Gasteiger partial charge in [0.1, 0.15) is 11.9 Å². The van der Waals surface area contributed by atoms with Crippen LogP contribution in [0.2, 0.25) is 0 Å². The molecule has 0 heterocycles. The van der Waals surface area contributed by atoms with Gasteiger partial charge in [0.25, 0.3) is 0 Å². The highest BCUT2D eigenvalue weighted by atomic mass is 16.5. The smallest absolute Gasteiger partial charge is 0.306 e. The third-order valence-electron chi connectivity index (χ3n) is 11.3. The van der Waals surface area contributed by atoms with Crippen molar-refractivity contribution in [1.29, 1.82) is 0 Å². The van der Waals surface area contributed by atoms with Crippen molar-refractivity contribution in [2.45, 2.75) is 91.6 Å². The van der Waals surface area contributed by atoms with Crippen molar-refractivity contribution in [2.24, 2.45) is 58.2 Å². The van der Waals surface area contributed by atoms with Crippen LogP contribution in [0.5, 0.6) is 0 Å². The second-order valence-electron chi connectivity index (χ2n) is 12.5. The van der Waals surface area contributed by atoms with Crippen molar-refractivity contribution in [3.63, 3.8) is 0 Å². The van der Waals surface area contributed by atoms with Crippen molar-refractivity contribution >= 4 is 17.7 Å². The molecule has 0 saturated heterocycles. The Bertz CT molecular complexity index is 821. The van der Waals surface area contributed by atoms with Gasteiger partial charge in [0.15, 0.2) is 0 Å². The molecule has 32 heavy (non-hydrogen) atoms. The first-order valence-corrected chi connectivity index (χ1v) is 13.0. The fraction of sp³-hybridized carbons (Fsp3) is 0.889. The highest BCUT2D eigenvalue weighted by Crippen LogP contribution is 2.68. The van der Waals surface area contributed by atoms with Crippen LogP contribution in [0.1, 0.15) is 85.5 Å². The molecule has 178 valence electrons. The Kier molecular flexibility index (Phi) is 5.30. The number of rotatable bonds is 4. The Morgan fingerprint density at radius 3 is 2.38 bits per heavy atom. The molecular weight excluding hydrogens is 404 g/mol. The lowest BCUT2D eigenvalue weighted by molar-refractivity contribution is -0.168. The van der Waals surface area contributed by atoms with Gasteiger partial charge < -0.3 is 9.84 Å². The molecule has 0 aromatic carbocycles. The van der Waals surface area contributed by atoms with Gasteiger partial charge in [-0.15, -0.1) is 0 Å². The predicted molar refractivity (Wildman–Crippen MR) is 120 cm³/mol. The van der Waals surface area contributed by atoms with E-state index in [1.54, 1.807) is 0 Å². The molecular formula is C27H40O5. The quantitative estimate of drug-likeness (QED) is 0.609. The summed E-state index contributed by atoms with van der Waals surface area (Å²) in [6.07, 6.45) is 8.82. The third kappa shape index (κ3) is 3.27. The summed E-state index contributed by atoms with van der Waals surface area (Å²) in [6.45, 7) is 8.62. The largest absolute Gasteiger partial charge is 0.481 e. The molecule has 5 aliphatic rings. The van der Waals surface area contributed by atoms with Crippen molar-refractivity contribution in [3.8, 4) is 0 Å². The van der Waals surface area contributed by atoms with Gasteiger partial charge in [-0.1, -0.05) is 20.8 Å². The molecule has 0 spiro atoms. The summed E-state index contributed by atoms with van der Waals surface area (Å²) >= 11 is 0. The number of hydrogen-bond acceptors (Lipinski definition) is 4. The van der Waals surface area contributed by atoms with Crippen molar-refractivity contribution in [3.05, 3.63) is 0 Å². The van der Waals surface area contributed by atoms with E-state index in [0.29, 0.717) is 47.7 Å². The van der Waals surface area contributed by atoms with Crippen LogP contribution in [0.25, 0.3) is 0 Å². The zero-order valence-electron chi connectivity index (χ0n) is 20.1. The highest BCUT2D eigenvalue weighted by Gasteiger charge is 2.64. The van der Waals surface area contributed by atoms with Crippen LogP contribution in [-0.4, -0.2) is 28.9 Å². The van der Waals surface area contributed by atoms with Crippen LogP contribution >= 0.6 is 0 Å². The SMILES string of the molecule is CC(=O)O[C@@H]1CC[C@@]2(C)C(CC(=O)[C@H]3[C@@H]4CC[C@H]([C@H](C)C5CC5C(=O)O)[C@@]4(C)CC[C@@H]32)C1. The highest BCUT2D eigenvalue weighted by molar-refractivity contribution is 5.83. The van der Waals surface area contributed by atoms with Gasteiger partial charge in [-0.25, -0.2) is 0 Å². The van der Waals surface area contributed by atoms with E-state index in [1.165, 1.54) is 13.3 Å². The van der Waals surface area contributed by atoms with E-state index in [0.717, 1.165) is 44.9 Å². The minimum Gasteiger partial charge on any atom is -0.481 e. The number of carbonyl (C=O) groups excluding carboxylic acids is 2. The van der Waals surface area contributed by atoms with Crippen LogP contribution in [0, 0.1) is 58.2 Å². The molecule has 0 aliphatic heterocycles. The fourth-order valence-electron chi connectivity index (χ4n) is 9.52. The van der Waals surface area contributed by atoms with Gasteiger partial charge in [-0.2, -0.15) is 0 Å². The van der Waals surface area contributed by atoms with Gasteiger partial charge in [-0.3, -0.25) is 14.4 Å². The predicted octanol–water partition coefficient (Wildman–Crippen LogP) is 5.11. The van der Waals surface area contributed by atoms with Gasteiger partial charge in [0.2, 0.25) is 0 Å². The molecule has 0 aromatic heterocycles. The second-order valence-corrected chi connectivity index (χ2v) is 12.5. The number of fused-ring (bicyclic) bond motifs is 5. The Hall–Kier alpha value is -1.39. The van der Waals surface area contributed by atoms with Crippen LogP contribution in [0.4, 0.5) is 0 Å². The number of carboxylic acid groups (broad SMARTS) is 1. The number of Topliss-reactive ketones (excluding diaryl/α,β-unsaturated/α-hetero) is 1. The van der Waals surface area contributed by atoms with Crippen LogP contribution in [0.15, 0.2) is 0 Å². The minimum absolute atomic E-state index is 0.0267. The summed E-state index contributed by atoms with van der Waals surface area (Å²) in [5.74, 6) is 2.18. The van der Waals surface area contributed by atoms with E-state index in [4.69, 9.17) is 4.74 Å². The Balaban J connectivity index is 1.35. The molecule has 5 saturated carbocycles. The zero-order valence-corrected chi connectivity index (χ0v) is 20.1. The molecule has 5 nitrogen and oxygen atoms in total. The fourth-order valence-corrected chi connectivity index (χ4v) is 9.52. The summed E-state index contributed by atoms with van der Waals surface area (Å²) in [5.41, 5.74) is 0.338. The molecule has 0 bridgehead atoms. The van der Waals surface area contributed by atoms with E-state index in [9.17, 15) is 19.5 Å².